The van der Waals surface area contributed by atoms with Crippen LogP contribution < -0.4 is 15.8 Å². The molecule has 4 heteroatoms. The molecule has 2 rings (SSSR count). The molecule has 1 aliphatic heterocycles. The number of rotatable bonds is 3. The first-order valence-corrected chi connectivity index (χ1v) is 6.44. The second kappa shape index (κ2) is 4.97. The molecule has 3 nitrogen and oxygen atoms in total. The number of thioether (sulfide) groups is 1. The van der Waals surface area contributed by atoms with Crippen LogP contribution in [-0.2, 0) is 0 Å². The zero-order valence-corrected chi connectivity index (χ0v) is 10.5. The van der Waals surface area contributed by atoms with Crippen LogP contribution in [0.5, 0.6) is 5.75 Å². The largest absolute Gasteiger partial charge is 0.497 e. The zero-order valence-electron chi connectivity index (χ0n) is 9.69. The van der Waals surface area contributed by atoms with E-state index in [1.54, 1.807) is 7.11 Å². The molecule has 0 fully saturated rings. The van der Waals surface area contributed by atoms with Gasteiger partial charge in [0, 0.05) is 21.9 Å². The molecule has 0 bridgehead atoms. The van der Waals surface area contributed by atoms with Gasteiger partial charge >= 0.3 is 0 Å². The molecule has 2 atom stereocenters. The van der Waals surface area contributed by atoms with E-state index >= 15 is 0 Å². The highest BCUT2D eigenvalue weighted by atomic mass is 32.2. The number of anilines is 1. The third-order valence-corrected chi connectivity index (χ3v) is 4.40. The third kappa shape index (κ3) is 2.28. The van der Waals surface area contributed by atoms with Crippen molar-refractivity contribution in [2.45, 2.75) is 29.5 Å². The Hall–Kier alpha value is -0.870. The van der Waals surface area contributed by atoms with Gasteiger partial charge < -0.3 is 15.8 Å². The number of ether oxygens (including phenoxy) is 1. The van der Waals surface area contributed by atoms with E-state index in [-0.39, 0.29) is 0 Å². The molecule has 1 aromatic rings. The topological polar surface area (TPSA) is 47.3 Å². The first-order valence-electron chi connectivity index (χ1n) is 5.56. The number of hydrogen-bond donors (Lipinski definition) is 2. The Kier molecular flexibility index (Phi) is 3.61. The third-order valence-electron chi connectivity index (χ3n) is 2.86. The number of nitrogens with one attached hydrogen (secondary N) is 1. The van der Waals surface area contributed by atoms with Gasteiger partial charge in [-0.2, -0.15) is 0 Å². The predicted octanol–water partition coefficient (Wildman–Crippen LogP) is 2.32. The van der Waals surface area contributed by atoms with E-state index in [4.69, 9.17) is 10.5 Å². The molecule has 1 aliphatic rings. The Labute approximate surface area is 101 Å². The van der Waals surface area contributed by atoms with Crippen LogP contribution in [0.4, 0.5) is 5.69 Å². The fraction of sp³-hybridized carbons (Fsp3) is 0.500. The zero-order chi connectivity index (χ0) is 11.5. The Morgan fingerprint density at radius 3 is 3.00 bits per heavy atom. The first kappa shape index (κ1) is 11.6. The van der Waals surface area contributed by atoms with Crippen molar-refractivity contribution in [2.24, 2.45) is 5.73 Å². The van der Waals surface area contributed by atoms with E-state index in [2.05, 4.69) is 24.4 Å². The minimum Gasteiger partial charge on any atom is -0.497 e. The molecule has 1 aromatic carbocycles. The van der Waals surface area contributed by atoms with E-state index in [1.165, 1.54) is 10.6 Å². The average molecular weight is 238 g/mol. The van der Waals surface area contributed by atoms with Crippen LogP contribution >= 0.6 is 11.8 Å². The van der Waals surface area contributed by atoms with Crippen molar-refractivity contribution in [3.8, 4) is 5.75 Å². The summed E-state index contributed by atoms with van der Waals surface area (Å²) >= 11 is 1.90. The molecule has 16 heavy (non-hydrogen) atoms. The molecular weight excluding hydrogens is 220 g/mol. The molecule has 0 amide bonds. The van der Waals surface area contributed by atoms with Crippen molar-refractivity contribution < 1.29 is 4.74 Å². The lowest BCUT2D eigenvalue weighted by atomic mass is 10.1. The van der Waals surface area contributed by atoms with E-state index in [1.807, 2.05) is 17.8 Å². The van der Waals surface area contributed by atoms with E-state index < -0.39 is 0 Å². The summed E-state index contributed by atoms with van der Waals surface area (Å²) in [7, 11) is 1.70. The molecule has 0 saturated heterocycles. The lowest BCUT2D eigenvalue weighted by Gasteiger charge is -2.31. The minimum atomic E-state index is 0.467. The van der Waals surface area contributed by atoms with Gasteiger partial charge in [0.25, 0.3) is 0 Å². The number of fused-ring (bicyclic) bond motifs is 1. The lowest BCUT2D eigenvalue weighted by molar-refractivity contribution is 0.413. The molecule has 0 aromatic heterocycles. The highest BCUT2D eigenvalue weighted by Crippen LogP contribution is 2.40. The Balaban J connectivity index is 2.22. The van der Waals surface area contributed by atoms with Crippen LogP contribution in [-0.4, -0.2) is 24.9 Å². The van der Waals surface area contributed by atoms with Crippen molar-refractivity contribution in [2.75, 3.05) is 19.0 Å². The second-order valence-corrected chi connectivity index (χ2v) is 5.31. The van der Waals surface area contributed by atoms with E-state index in [9.17, 15) is 0 Å². The molecular formula is C12H18N2OS. The maximum Gasteiger partial charge on any atom is 0.120 e. The van der Waals surface area contributed by atoms with Crippen LogP contribution in [0.25, 0.3) is 0 Å². The predicted molar refractivity (Wildman–Crippen MR) is 69.4 cm³/mol. The number of nitrogens with two attached hydrogens (primary N) is 1. The molecule has 2 unspecified atom stereocenters. The summed E-state index contributed by atoms with van der Waals surface area (Å²) < 4.78 is 5.24. The van der Waals surface area contributed by atoms with Crippen molar-refractivity contribution >= 4 is 17.4 Å². The van der Waals surface area contributed by atoms with Gasteiger partial charge in [-0.05, 0) is 38.1 Å². The lowest BCUT2D eigenvalue weighted by Crippen LogP contribution is -2.33. The molecule has 0 aliphatic carbocycles. The van der Waals surface area contributed by atoms with E-state index in [0.717, 1.165) is 18.7 Å². The second-order valence-electron chi connectivity index (χ2n) is 4.03. The van der Waals surface area contributed by atoms with Crippen molar-refractivity contribution in [1.82, 2.24) is 0 Å². The summed E-state index contributed by atoms with van der Waals surface area (Å²) in [4.78, 5) is 1.26. The van der Waals surface area contributed by atoms with Gasteiger partial charge in [0.15, 0.2) is 0 Å². The van der Waals surface area contributed by atoms with Gasteiger partial charge in [-0.15, -0.1) is 11.8 Å². The SMILES string of the molecule is COc1ccc2c(c1)SC(CCN)C(C)N2. The molecule has 3 N–H and O–H groups in total. The smallest absolute Gasteiger partial charge is 0.120 e. The number of benzene rings is 1. The Morgan fingerprint density at radius 1 is 1.50 bits per heavy atom. The fourth-order valence-corrected chi connectivity index (χ4v) is 3.21. The van der Waals surface area contributed by atoms with Gasteiger partial charge in [-0.1, -0.05) is 0 Å². The summed E-state index contributed by atoms with van der Waals surface area (Å²) in [5, 5.41) is 4.06. The minimum absolute atomic E-state index is 0.467. The number of methoxy groups -OCH3 is 1. The molecule has 0 radical (unpaired) electrons. The van der Waals surface area contributed by atoms with Crippen LogP contribution in [0.3, 0.4) is 0 Å². The van der Waals surface area contributed by atoms with Crippen LogP contribution in [0.1, 0.15) is 13.3 Å². The van der Waals surface area contributed by atoms with Crippen LogP contribution in [0, 0.1) is 0 Å². The molecule has 0 saturated carbocycles. The van der Waals surface area contributed by atoms with Gasteiger partial charge in [0.2, 0.25) is 0 Å². The summed E-state index contributed by atoms with van der Waals surface area (Å²) in [6.07, 6.45) is 1.04. The summed E-state index contributed by atoms with van der Waals surface area (Å²) in [5.41, 5.74) is 6.83. The Bertz CT molecular complexity index is 370. The van der Waals surface area contributed by atoms with E-state index in [0.29, 0.717) is 11.3 Å². The monoisotopic (exact) mass is 238 g/mol. The maximum atomic E-state index is 5.63. The standard InChI is InChI=1S/C12H18N2OS/c1-8-11(5-6-13)16-12-7-9(15-2)3-4-10(12)14-8/h3-4,7-8,11,14H,5-6,13H2,1-2H3. The highest BCUT2D eigenvalue weighted by molar-refractivity contribution is 8.00. The molecule has 0 spiro atoms. The van der Waals surface area contributed by atoms with Gasteiger partial charge in [-0.3, -0.25) is 0 Å². The first-order chi connectivity index (χ1) is 7.74. The van der Waals surface area contributed by atoms with Crippen LogP contribution in [0.15, 0.2) is 23.1 Å². The van der Waals surface area contributed by atoms with Crippen LogP contribution in [0.2, 0.25) is 0 Å². The summed E-state index contributed by atoms with van der Waals surface area (Å²) in [6.45, 7) is 2.95. The highest BCUT2D eigenvalue weighted by Gasteiger charge is 2.24. The quantitative estimate of drug-likeness (QED) is 0.848. The van der Waals surface area contributed by atoms with Gasteiger partial charge in [0.05, 0.1) is 7.11 Å². The maximum absolute atomic E-state index is 5.63. The summed E-state index contributed by atoms with van der Waals surface area (Å²) in [6, 6.07) is 6.62. The van der Waals surface area contributed by atoms with Crippen molar-refractivity contribution in [1.29, 1.82) is 0 Å². The van der Waals surface area contributed by atoms with Crippen molar-refractivity contribution in [3.05, 3.63) is 18.2 Å². The summed E-state index contributed by atoms with van der Waals surface area (Å²) in [5.74, 6) is 0.911. The van der Waals surface area contributed by atoms with Gasteiger partial charge in [0.1, 0.15) is 5.75 Å². The fourth-order valence-electron chi connectivity index (χ4n) is 1.92. The molecule has 1 heterocycles. The van der Waals surface area contributed by atoms with Crippen molar-refractivity contribution in [3.63, 3.8) is 0 Å². The molecule has 88 valence electrons. The normalized spacial score (nSPS) is 23.4. The Morgan fingerprint density at radius 2 is 2.31 bits per heavy atom. The van der Waals surface area contributed by atoms with Gasteiger partial charge in [-0.25, -0.2) is 0 Å². The number of hydrogen-bond acceptors (Lipinski definition) is 4. The average Bonchev–Trinajstić information content (AvgIpc) is 2.30.